The molecular weight excluding hydrogens is 324 g/mol. The molecule has 0 bridgehead atoms. The zero-order chi connectivity index (χ0) is 18.5. The van der Waals surface area contributed by atoms with Gasteiger partial charge in [0, 0.05) is 18.1 Å². The standard InChI is InChI=1S/C21H22N4O/c1-14-8-7-9-15(2)19(14)25-21-22-12-18(13-23-21)20(26)24-16(3)17-10-5-4-6-11-17/h4-13,16H,1-3H3,(H,24,26)(H,22,23,25). The van der Waals surface area contributed by atoms with Crippen LogP contribution in [0.5, 0.6) is 0 Å². The second kappa shape index (κ2) is 7.78. The first-order chi connectivity index (χ1) is 12.5. The summed E-state index contributed by atoms with van der Waals surface area (Å²) in [5.41, 5.74) is 4.71. The number of carbonyl (C=O) groups excluding carboxylic acids is 1. The summed E-state index contributed by atoms with van der Waals surface area (Å²) < 4.78 is 0. The van der Waals surface area contributed by atoms with Crippen molar-refractivity contribution < 1.29 is 4.79 Å². The highest BCUT2D eigenvalue weighted by atomic mass is 16.1. The number of aryl methyl sites for hydroxylation is 2. The molecule has 1 unspecified atom stereocenters. The minimum atomic E-state index is -0.194. The second-order valence-corrected chi connectivity index (χ2v) is 6.29. The summed E-state index contributed by atoms with van der Waals surface area (Å²) in [4.78, 5) is 20.9. The van der Waals surface area contributed by atoms with E-state index in [0.29, 0.717) is 11.5 Å². The Balaban J connectivity index is 1.68. The third-order valence-electron chi connectivity index (χ3n) is 4.28. The summed E-state index contributed by atoms with van der Waals surface area (Å²) >= 11 is 0. The lowest BCUT2D eigenvalue weighted by Crippen LogP contribution is -2.26. The number of anilines is 2. The Bertz CT molecular complexity index is 871. The third-order valence-corrected chi connectivity index (χ3v) is 4.28. The summed E-state index contributed by atoms with van der Waals surface area (Å²) in [6, 6.07) is 15.8. The highest BCUT2D eigenvalue weighted by Crippen LogP contribution is 2.22. The maximum atomic E-state index is 12.4. The predicted molar refractivity (Wildman–Crippen MR) is 104 cm³/mol. The van der Waals surface area contributed by atoms with Crippen molar-refractivity contribution in [1.29, 1.82) is 0 Å². The average Bonchev–Trinajstić information content (AvgIpc) is 2.66. The maximum Gasteiger partial charge on any atom is 0.254 e. The zero-order valence-corrected chi connectivity index (χ0v) is 15.2. The lowest BCUT2D eigenvalue weighted by molar-refractivity contribution is 0.0939. The lowest BCUT2D eigenvalue weighted by atomic mass is 10.1. The molecule has 0 radical (unpaired) electrons. The van der Waals surface area contributed by atoms with Gasteiger partial charge in [0.1, 0.15) is 0 Å². The molecule has 0 aliphatic heterocycles. The van der Waals surface area contributed by atoms with Crippen molar-refractivity contribution in [3.05, 3.63) is 83.2 Å². The van der Waals surface area contributed by atoms with Crippen LogP contribution in [0, 0.1) is 13.8 Å². The van der Waals surface area contributed by atoms with Gasteiger partial charge in [-0.25, -0.2) is 9.97 Å². The quantitative estimate of drug-likeness (QED) is 0.722. The van der Waals surface area contributed by atoms with E-state index in [4.69, 9.17) is 0 Å². The topological polar surface area (TPSA) is 66.9 Å². The monoisotopic (exact) mass is 346 g/mol. The van der Waals surface area contributed by atoms with E-state index in [0.717, 1.165) is 22.4 Å². The van der Waals surface area contributed by atoms with Crippen LogP contribution in [-0.2, 0) is 0 Å². The van der Waals surface area contributed by atoms with Gasteiger partial charge >= 0.3 is 0 Å². The van der Waals surface area contributed by atoms with Gasteiger partial charge in [0.2, 0.25) is 5.95 Å². The Morgan fingerprint density at radius 1 is 0.923 bits per heavy atom. The number of rotatable bonds is 5. The van der Waals surface area contributed by atoms with Crippen LogP contribution in [0.15, 0.2) is 60.9 Å². The molecule has 26 heavy (non-hydrogen) atoms. The molecule has 1 atom stereocenters. The second-order valence-electron chi connectivity index (χ2n) is 6.29. The SMILES string of the molecule is Cc1cccc(C)c1Nc1ncc(C(=O)NC(C)c2ccccc2)cn1. The number of benzene rings is 2. The van der Waals surface area contributed by atoms with Gasteiger partial charge in [0.05, 0.1) is 11.6 Å². The van der Waals surface area contributed by atoms with Crippen LogP contribution in [0.2, 0.25) is 0 Å². The molecule has 132 valence electrons. The molecule has 1 heterocycles. The number of aromatic nitrogens is 2. The molecule has 0 fully saturated rings. The van der Waals surface area contributed by atoms with Crippen molar-refractivity contribution in [1.82, 2.24) is 15.3 Å². The minimum absolute atomic E-state index is 0.0869. The Morgan fingerprint density at radius 2 is 1.54 bits per heavy atom. The van der Waals surface area contributed by atoms with Crippen LogP contribution in [0.1, 0.15) is 40.0 Å². The van der Waals surface area contributed by atoms with E-state index >= 15 is 0 Å². The number of hydrogen-bond acceptors (Lipinski definition) is 4. The minimum Gasteiger partial charge on any atom is -0.345 e. The number of nitrogens with one attached hydrogen (secondary N) is 2. The summed E-state index contributed by atoms with van der Waals surface area (Å²) in [5, 5.41) is 6.18. The summed E-state index contributed by atoms with van der Waals surface area (Å²) in [6.07, 6.45) is 3.08. The number of hydrogen-bond donors (Lipinski definition) is 2. The third kappa shape index (κ3) is 4.06. The molecular formula is C21H22N4O. The van der Waals surface area contributed by atoms with Crippen LogP contribution < -0.4 is 10.6 Å². The van der Waals surface area contributed by atoms with Crippen molar-refractivity contribution >= 4 is 17.5 Å². The molecule has 5 nitrogen and oxygen atoms in total. The fraction of sp³-hybridized carbons (Fsp3) is 0.190. The molecule has 1 amide bonds. The lowest BCUT2D eigenvalue weighted by Gasteiger charge is -2.14. The van der Waals surface area contributed by atoms with Gasteiger partial charge in [-0.15, -0.1) is 0 Å². The first-order valence-corrected chi connectivity index (χ1v) is 8.55. The van der Waals surface area contributed by atoms with E-state index < -0.39 is 0 Å². The van der Waals surface area contributed by atoms with Crippen LogP contribution >= 0.6 is 0 Å². The molecule has 3 aromatic rings. The van der Waals surface area contributed by atoms with E-state index in [2.05, 4.69) is 20.6 Å². The number of carbonyl (C=O) groups is 1. The molecule has 2 aromatic carbocycles. The summed E-state index contributed by atoms with van der Waals surface area (Å²) in [5.74, 6) is 0.273. The van der Waals surface area contributed by atoms with E-state index in [9.17, 15) is 4.79 Å². The largest absolute Gasteiger partial charge is 0.345 e. The van der Waals surface area contributed by atoms with Crippen molar-refractivity contribution in [2.75, 3.05) is 5.32 Å². The van der Waals surface area contributed by atoms with Crippen LogP contribution in [0.4, 0.5) is 11.6 Å². The Hall–Kier alpha value is -3.21. The molecule has 0 aliphatic carbocycles. The fourth-order valence-electron chi connectivity index (χ4n) is 2.74. The molecule has 2 N–H and O–H groups in total. The number of amides is 1. The first-order valence-electron chi connectivity index (χ1n) is 8.55. The molecule has 0 saturated carbocycles. The first kappa shape index (κ1) is 17.6. The van der Waals surface area contributed by atoms with Gasteiger partial charge in [-0.2, -0.15) is 0 Å². The van der Waals surface area contributed by atoms with Crippen molar-refractivity contribution in [3.63, 3.8) is 0 Å². The normalized spacial score (nSPS) is 11.7. The van der Waals surface area contributed by atoms with Gasteiger partial charge in [-0.1, -0.05) is 48.5 Å². The summed E-state index contributed by atoms with van der Waals surface area (Å²) in [6.45, 7) is 6.01. The molecule has 0 aliphatic rings. The van der Waals surface area contributed by atoms with E-state index in [-0.39, 0.29) is 11.9 Å². The zero-order valence-electron chi connectivity index (χ0n) is 15.2. The van der Waals surface area contributed by atoms with Gasteiger partial charge in [0.25, 0.3) is 5.91 Å². The molecule has 0 saturated heterocycles. The number of para-hydroxylation sites is 1. The van der Waals surface area contributed by atoms with Crippen LogP contribution in [0.3, 0.4) is 0 Å². The molecule has 1 aromatic heterocycles. The fourth-order valence-corrected chi connectivity index (χ4v) is 2.74. The van der Waals surface area contributed by atoms with Gasteiger partial charge in [-0.3, -0.25) is 4.79 Å². The number of nitrogens with zero attached hydrogens (tertiary/aromatic N) is 2. The van der Waals surface area contributed by atoms with E-state index in [1.165, 1.54) is 12.4 Å². The summed E-state index contributed by atoms with van der Waals surface area (Å²) in [7, 11) is 0. The van der Waals surface area contributed by atoms with E-state index in [1.807, 2.05) is 69.3 Å². The molecule has 3 rings (SSSR count). The van der Waals surface area contributed by atoms with Crippen LogP contribution in [-0.4, -0.2) is 15.9 Å². The van der Waals surface area contributed by atoms with Gasteiger partial charge in [-0.05, 0) is 37.5 Å². The molecule has 5 heteroatoms. The van der Waals surface area contributed by atoms with Crippen LogP contribution in [0.25, 0.3) is 0 Å². The molecule has 0 spiro atoms. The average molecular weight is 346 g/mol. The smallest absolute Gasteiger partial charge is 0.254 e. The Morgan fingerprint density at radius 3 is 2.15 bits per heavy atom. The van der Waals surface area contributed by atoms with Gasteiger partial charge in [0.15, 0.2) is 0 Å². The highest BCUT2D eigenvalue weighted by molar-refractivity contribution is 5.93. The highest BCUT2D eigenvalue weighted by Gasteiger charge is 2.12. The Labute approximate surface area is 153 Å². The van der Waals surface area contributed by atoms with Crippen molar-refractivity contribution in [3.8, 4) is 0 Å². The van der Waals surface area contributed by atoms with Crippen molar-refractivity contribution in [2.45, 2.75) is 26.8 Å². The van der Waals surface area contributed by atoms with E-state index in [1.54, 1.807) is 0 Å². The van der Waals surface area contributed by atoms with Gasteiger partial charge < -0.3 is 10.6 Å². The van der Waals surface area contributed by atoms with Crippen molar-refractivity contribution in [2.24, 2.45) is 0 Å². The predicted octanol–water partition coefficient (Wildman–Crippen LogP) is 4.33. The maximum absolute atomic E-state index is 12.4. The Kier molecular flexibility index (Phi) is 5.27.